The molecule has 0 saturated heterocycles. The van der Waals surface area contributed by atoms with Gasteiger partial charge in [-0.2, -0.15) is 0 Å². The van der Waals surface area contributed by atoms with Crippen LogP contribution in [0, 0.1) is 0 Å². The second-order valence-corrected chi connectivity index (χ2v) is 9.58. The summed E-state index contributed by atoms with van der Waals surface area (Å²) < 4.78 is 5.20. The van der Waals surface area contributed by atoms with E-state index in [1.54, 1.807) is 6.92 Å². The van der Waals surface area contributed by atoms with Crippen LogP contribution in [-0.4, -0.2) is 74.1 Å². The number of hydrogen-bond acceptors (Lipinski definition) is 7. The average molecular weight is 565 g/mol. The number of rotatable bonds is 18. The van der Waals surface area contributed by atoms with E-state index < -0.39 is 30.2 Å². The number of nitrogens with one attached hydrogen (secondary N) is 2. The number of benzene rings is 1. The lowest BCUT2D eigenvalue weighted by Gasteiger charge is -2.17. The fraction of sp³-hybridized carbons (Fsp3) is 0.586. The number of ether oxygens (including phenoxy) is 1. The Morgan fingerprint density at radius 1 is 0.850 bits per heavy atom. The van der Waals surface area contributed by atoms with E-state index in [-0.39, 0.29) is 11.9 Å². The van der Waals surface area contributed by atoms with Gasteiger partial charge in [0.2, 0.25) is 5.91 Å². The molecule has 0 fully saturated rings. The van der Waals surface area contributed by atoms with Crippen molar-refractivity contribution < 1.29 is 44.3 Å². The molecule has 0 aliphatic heterocycles. The third kappa shape index (κ3) is 13.1. The summed E-state index contributed by atoms with van der Waals surface area (Å²) in [5.74, 6) is -3.98. The van der Waals surface area contributed by atoms with Crippen LogP contribution in [0.15, 0.2) is 30.5 Å². The normalized spacial score (nSPS) is 13.0. The van der Waals surface area contributed by atoms with Crippen LogP contribution in [0.4, 0.5) is 0 Å². The van der Waals surface area contributed by atoms with E-state index in [2.05, 4.69) is 17.2 Å². The van der Waals surface area contributed by atoms with Gasteiger partial charge in [0.05, 0.1) is 6.61 Å². The smallest absolute Gasteiger partial charge is 0.335 e. The van der Waals surface area contributed by atoms with Crippen molar-refractivity contribution >= 4 is 34.7 Å². The second kappa shape index (κ2) is 19.6. The molecule has 0 radical (unpaired) electrons. The molecule has 2 rings (SSSR count). The summed E-state index contributed by atoms with van der Waals surface area (Å²) in [4.78, 5) is 47.6. The number of carbonyl (C=O) groups is 4. The fourth-order valence-corrected chi connectivity index (χ4v) is 4.09. The quantitative estimate of drug-likeness (QED) is 0.116. The molecule has 1 heterocycles. The van der Waals surface area contributed by atoms with Crippen LogP contribution in [0.25, 0.3) is 10.9 Å². The number of carboxylic acid groups (broad SMARTS) is 2. The van der Waals surface area contributed by atoms with Crippen molar-refractivity contribution in [3.63, 3.8) is 0 Å². The Kier molecular flexibility index (Phi) is 16.9. The maximum absolute atomic E-state index is 12.4. The van der Waals surface area contributed by atoms with E-state index in [4.69, 9.17) is 25.2 Å². The van der Waals surface area contributed by atoms with Crippen molar-refractivity contribution in [2.45, 2.75) is 103 Å². The van der Waals surface area contributed by atoms with Crippen molar-refractivity contribution in [3.05, 3.63) is 36.0 Å². The van der Waals surface area contributed by atoms with Crippen LogP contribution in [0.3, 0.4) is 0 Å². The highest BCUT2D eigenvalue weighted by Gasteiger charge is 2.29. The number of amides is 1. The predicted molar refractivity (Wildman–Crippen MR) is 150 cm³/mol. The van der Waals surface area contributed by atoms with Gasteiger partial charge in [0, 0.05) is 29.9 Å². The number of carboxylic acids is 2. The Labute approximate surface area is 234 Å². The molecule has 0 saturated carbocycles. The van der Waals surface area contributed by atoms with E-state index in [1.807, 2.05) is 30.5 Å². The molecule has 2 aromatic rings. The van der Waals surface area contributed by atoms with Crippen LogP contribution in [0.5, 0.6) is 0 Å². The van der Waals surface area contributed by atoms with E-state index in [1.165, 1.54) is 44.9 Å². The summed E-state index contributed by atoms with van der Waals surface area (Å²) in [6.07, 6.45) is 9.17. The largest absolute Gasteiger partial charge is 0.479 e. The van der Waals surface area contributed by atoms with Gasteiger partial charge in [0.15, 0.2) is 12.2 Å². The highest BCUT2D eigenvalue weighted by Crippen LogP contribution is 2.19. The molecule has 11 heteroatoms. The summed E-state index contributed by atoms with van der Waals surface area (Å²) in [5, 5.41) is 36.5. The lowest BCUT2D eigenvalue weighted by Crippen LogP contribution is -2.43. The minimum absolute atomic E-state index is 0.0733. The van der Waals surface area contributed by atoms with Gasteiger partial charge in [-0.25, -0.2) is 14.4 Å². The molecule has 11 nitrogen and oxygen atoms in total. The topological polar surface area (TPSA) is 186 Å². The average Bonchev–Trinajstić information content (AvgIpc) is 3.34. The van der Waals surface area contributed by atoms with Crippen molar-refractivity contribution in [1.82, 2.24) is 10.3 Å². The zero-order chi connectivity index (χ0) is 29.9. The number of hydrogen-bond donors (Lipinski definition) is 6. The van der Waals surface area contributed by atoms with E-state index in [0.717, 1.165) is 29.3 Å². The first-order chi connectivity index (χ1) is 19.1. The maximum atomic E-state index is 12.4. The molecule has 3 atom stereocenters. The summed E-state index contributed by atoms with van der Waals surface area (Å²) >= 11 is 0. The molecule has 0 bridgehead atoms. The molecular formula is C29H44N2O9. The predicted octanol–water partition coefficient (Wildman–Crippen LogP) is 3.56. The molecular weight excluding hydrogens is 520 g/mol. The second-order valence-electron chi connectivity index (χ2n) is 9.58. The Bertz CT molecular complexity index is 1040. The van der Waals surface area contributed by atoms with Gasteiger partial charge in [0.25, 0.3) is 0 Å². The zero-order valence-corrected chi connectivity index (χ0v) is 23.4. The van der Waals surface area contributed by atoms with Gasteiger partial charge in [-0.15, -0.1) is 0 Å². The lowest BCUT2D eigenvalue weighted by atomic mass is 10.0. The third-order valence-electron chi connectivity index (χ3n) is 6.32. The van der Waals surface area contributed by atoms with Gasteiger partial charge < -0.3 is 35.5 Å². The van der Waals surface area contributed by atoms with Gasteiger partial charge in [-0.3, -0.25) is 4.79 Å². The maximum Gasteiger partial charge on any atom is 0.335 e. The molecule has 1 amide bonds. The van der Waals surface area contributed by atoms with Gasteiger partial charge in [0.1, 0.15) is 6.04 Å². The summed E-state index contributed by atoms with van der Waals surface area (Å²) in [7, 11) is 0. The summed E-state index contributed by atoms with van der Waals surface area (Å²) in [6.45, 7) is 4.32. The number of aliphatic hydroxyl groups is 2. The monoisotopic (exact) mass is 564 g/mol. The molecule has 1 aromatic carbocycles. The van der Waals surface area contributed by atoms with Crippen LogP contribution >= 0.6 is 0 Å². The highest BCUT2D eigenvalue weighted by atomic mass is 16.5. The van der Waals surface area contributed by atoms with Gasteiger partial charge in [-0.05, 0) is 25.0 Å². The lowest BCUT2D eigenvalue weighted by molar-refractivity contribution is -0.165. The summed E-state index contributed by atoms with van der Waals surface area (Å²) in [5.41, 5.74) is 2.03. The molecule has 224 valence electrons. The number of aromatic nitrogens is 1. The Morgan fingerprint density at radius 3 is 1.95 bits per heavy atom. The zero-order valence-electron chi connectivity index (χ0n) is 23.4. The van der Waals surface area contributed by atoms with Crippen LogP contribution in [-0.2, 0) is 30.3 Å². The number of para-hydroxylation sites is 1. The molecule has 0 aliphatic carbocycles. The van der Waals surface area contributed by atoms with Crippen molar-refractivity contribution in [1.29, 1.82) is 0 Å². The molecule has 0 spiro atoms. The van der Waals surface area contributed by atoms with E-state index in [9.17, 15) is 19.2 Å². The Balaban J connectivity index is 0.000000680. The van der Waals surface area contributed by atoms with Crippen LogP contribution in [0.2, 0.25) is 0 Å². The molecule has 40 heavy (non-hydrogen) atoms. The first-order valence-electron chi connectivity index (χ1n) is 13.9. The number of esters is 1. The van der Waals surface area contributed by atoms with Crippen molar-refractivity contribution in [2.75, 3.05) is 6.61 Å². The van der Waals surface area contributed by atoms with Crippen molar-refractivity contribution in [2.24, 2.45) is 0 Å². The summed E-state index contributed by atoms with van der Waals surface area (Å²) in [6, 6.07) is 7.31. The highest BCUT2D eigenvalue weighted by molar-refractivity contribution is 5.87. The minimum Gasteiger partial charge on any atom is -0.479 e. The Hall–Kier alpha value is -3.44. The molecule has 2 unspecified atom stereocenters. The molecule has 1 aromatic heterocycles. The molecule has 6 N–H and O–H groups in total. The molecule has 0 aliphatic rings. The van der Waals surface area contributed by atoms with Gasteiger partial charge >= 0.3 is 17.9 Å². The third-order valence-corrected chi connectivity index (χ3v) is 6.32. The minimum atomic E-state index is -2.27. The first kappa shape index (κ1) is 34.6. The number of aliphatic carboxylic acids is 2. The van der Waals surface area contributed by atoms with Crippen LogP contribution in [0.1, 0.15) is 83.6 Å². The van der Waals surface area contributed by atoms with E-state index >= 15 is 0 Å². The number of carbonyl (C=O) groups excluding carboxylic acids is 2. The van der Waals surface area contributed by atoms with E-state index in [0.29, 0.717) is 19.4 Å². The fourth-order valence-electron chi connectivity index (χ4n) is 4.09. The number of aliphatic hydroxyl groups excluding tert-OH is 2. The number of fused-ring (bicyclic) bond motifs is 1. The first-order valence-corrected chi connectivity index (χ1v) is 13.9. The number of H-pyrrole nitrogens is 1. The SMILES string of the molecule is CCCCCCCCCCCC(=O)N[C@@H](Cc1c[nH]c2ccccc12)C(=O)OCC.O=C(O)C(O)C(O)C(=O)O. The van der Waals surface area contributed by atoms with Gasteiger partial charge in [-0.1, -0.05) is 76.5 Å². The van der Waals surface area contributed by atoms with Crippen molar-refractivity contribution in [3.8, 4) is 0 Å². The standard InChI is InChI=1S/C25H38N2O3.C4H6O6/c1-3-5-6-7-8-9-10-11-12-17-24(28)27-23(25(29)30-4-2)18-20-19-26-22-16-14-13-15-21(20)22;5-1(3(7)8)2(6)4(9)10/h13-16,19,23,26H,3-12,17-18H2,1-2H3,(H,27,28);1-2,5-6H,(H,7,8)(H,9,10)/t23-;/m0./s1. The number of aromatic amines is 1. The van der Waals surface area contributed by atoms with Crippen LogP contribution < -0.4 is 5.32 Å². The Morgan fingerprint density at radius 2 is 1.40 bits per heavy atom. The number of unbranched alkanes of at least 4 members (excludes halogenated alkanes) is 8.